The summed E-state index contributed by atoms with van der Waals surface area (Å²) in [4.78, 5) is 16.0. The van der Waals surface area contributed by atoms with Gasteiger partial charge in [0, 0.05) is 11.3 Å². The minimum atomic E-state index is -0.277. The number of benzene rings is 1. The number of quaternary nitrogens is 1. The summed E-state index contributed by atoms with van der Waals surface area (Å²) < 4.78 is 0. The van der Waals surface area contributed by atoms with Crippen LogP contribution in [0, 0.1) is 0 Å². The molecule has 0 spiro atoms. The molecular weight excluding hydrogens is 266 g/mol. The molecule has 1 amide bonds. The number of aliphatic hydroxyl groups excluding tert-OH is 1. The number of nitrogens with one attached hydrogen (secondary N) is 2. The predicted molar refractivity (Wildman–Crippen MR) is 83.3 cm³/mol. The van der Waals surface area contributed by atoms with Gasteiger partial charge in [-0.25, -0.2) is 0 Å². The SMILES string of the molecule is CC[NH+]1CCN(C(=O)[C@H](C)Nc2ccccc2CO)CC1. The molecule has 1 saturated heterocycles. The van der Waals surface area contributed by atoms with Crippen molar-refractivity contribution < 1.29 is 14.8 Å². The Morgan fingerprint density at radius 1 is 1.38 bits per heavy atom. The third-order valence-electron chi connectivity index (χ3n) is 4.21. The number of carbonyl (C=O) groups is 1. The van der Waals surface area contributed by atoms with Crippen molar-refractivity contribution in [2.75, 3.05) is 38.0 Å². The third kappa shape index (κ3) is 3.95. The normalized spacial score (nSPS) is 17.6. The molecule has 1 atom stereocenters. The Morgan fingerprint density at radius 2 is 2.05 bits per heavy atom. The van der Waals surface area contributed by atoms with Crippen LogP contribution < -0.4 is 10.2 Å². The van der Waals surface area contributed by atoms with E-state index in [0.29, 0.717) is 0 Å². The number of hydrogen-bond acceptors (Lipinski definition) is 3. The Hall–Kier alpha value is -1.59. The summed E-state index contributed by atoms with van der Waals surface area (Å²) in [5, 5.41) is 12.6. The van der Waals surface area contributed by atoms with E-state index in [0.717, 1.165) is 44.0 Å². The number of anilines is 1. The average Bonchev–Trinajstić information content (AvgIpc) is 2.54. The predicted octanol–water partition coefficient (Wildman–Crippen LogP) is -0.274. The van der Waals surface area contributed by atoms with Crippen molar-refractivity contribution in [3.05, 3.63) is 29.8 Å². The zero-order valence-electron chi connectivity index (χ0n) is 12.9. The molecule has 0 aromatic heterocycles. The van der Waals surface area contributed by atoms with E-state index < -0.39 is 0 Å². The van der Waals surface area contributed by atoms with E-state index in [4.69, 9.17) is 0 Å². The quantitative estimate of drug-likeness (QED) is 0.700. The Bertz CT molecular complexity index is 470. The van der Waals surface area contributed by atoms with E-state index in [-0.39, 0.29) is 18.6 Å². The van der Waals surface area contributed by atoms with Crippen molar-refractivity contribution in [2.24, 2.45) is 0 Å². The number of nitrogens with zero attached hydrogens (tertiary/aromatic N) is 1. The molecule has 1 aromatic rings. The molecule has 0 aliphatic carbocycles. The van der Waals surface area contributed by atoms with E-state index in [9.17, 15) is 9.90 Å². The van der Waals surface area contributed by atoms with Crippen LogP contribution in [0.2, 0.25) is 0 Å². The highest BCUT2D eigenvalue weighted by molar-refractivity contribution is 5.84. The monoisotopic (exact) mass is 292 g/mol. The highest BCUT2D eigenvalue weighted by Gasteiger charge is 2.26. The first-order valence-corrected chi connectivity index (χ1v) is 7.73. The third-order valence-corrected chi connectivity index (χ3v) is 4.21. The zero-order valence-corrected chi connectivity index (χ0v) is 12.9. The minimum Gasteiger partial charge on any atom is -0.392 e. The second-order valence-electron chi connectivity index (χ2n) is 5.61. The van der Waals surface area contributed by atoms with Gasteiger partial charge in [0.15, 0.2) is 0 Å². The van der Waals surface area contributed by atoms with Gasteiger partial charge in [0.05, 0.1) is 39.3 Å². The van der Waals surface area contributed by atoms with E-state index in [2.05, 4.69) is 12.2 Å². The maximum atomic E-state index is 12.5. The minimum absolute atomic E-state index is 0.0252. The smallest absolute Gasteiger partial charge is 0.245 e. The summed E-state index contributed by atoms with van der Waals surface area (Å²) in [5.74, 6) is 0.137. The fraction of sp³-hybridized carbons (Fsp3) is 0.562. The van der Waals surface area contributed by atoms with Gasteiger partial charge in [-0.15, -0.1) is 0 Å². The van der Waals surface area contributed by atoms with Crippen LogP contribution in [0.1, 0.15) is 19.4 Å². The van der Waals surface area contributed by atoms with Gasteiger partial charge in [-0.3, -0.25) is 4.79 Å². The van der Waals surface area contributed by atoms with Crippen LogP contribution in [0.5, 0.6) is 0 Å². The van der Waals surface area contributed by atoms with Crippen LogP contribution in [0.4, 0.5) is 5.69 Å². The van der Waals surface area contributed by atoms with Crippen molar-refractivity contribution in [1.29, 1.82) is 0 Å². The molecule has 0 bridgehead atoms. The summed E-state index contributed by atoms with van der Waals surface area (Å²) in [6.07, 6.45) is 0. The molecular formula is C16H26N3O2+. The van der Waals surface area contributed by atoms with Gasteiger partial charge in [-0.1, -0.05) is 18.2 Å². The molecule has 1 aliphatic rings. The van der Waals surface area contributed by atoms with Crippen LogP contribution in [-0.2, 0) is 11.4 Å². The lowest BCUT2D eigenvalue weighted by molar-refractivity contribution is -0.902. The standard InChI is InChI=1S/C16H25N3O2/c1-3-18-8-10-19(11-9-18)16(21)13(2)17-15-7-5-4-6-14(15)12-20/h4-7,13,17,20H,3,8-12H2,1-2H3/p+1/t13-/m0/s1. The average molecular weight is 292 g/mol. The largest absolute Gasteiger partial charge is 0.392 e. The second kappa shape index (κ2) is 7.43. The van der Waals surface area contributed by atoms with E-state index in [1.54, 1.807) is 4.90 Å². The molecule has 5 heteroatoms. The lowest BCUT2D eigenvalue weighted by Gasteiger charge is -2.33. The number of hydrogen-bond donors (Lipinski definition) is 3. The number of likely N-dealkylation sites (N-methyl/N-ethyl adjacent to an activating group) is 1. The number of piperazine rings is 1. The molecule has 5 nitrogen and oxygen atoms in total. The number of amides is 1. The molecule has 0 radical (unpaired) electrons. The van der Waals surface area contributed by atoms with Gasteiger partial charge >= 0.3 is 0 Å². The number of rotatable bonds is 5. The Morgan fingerprint density at radius 3 is 2.67 bits per heavy atom. The molecule has 0 saturated carbocycles. The van der Waals surface area contributed by atoms with Crippen molar-refractivity contribution in [3.8, 4) is 0 Å². The molecule has 1 aromatic carbocycles. The van der Waals surface area contributed by atoms with Gasteiger partial charge in [0.2, 0.25) is 5.91 Å². The van der Waals surface area contributed by atoms with E-state index >= 15 is 0 Å². The number of para-hydroxylation sites is 1. The first-order valence-electron chi connectivity index (χ1n) is 7.73. The summed E-state index contributed by atoms with van der Waals surface area (Å²) in [6.45, 7) is 8.89. The fourth-order valence-electron chi connectivity index (χ4n) is 2.76. The van der Waals surface area contributed by atoms with Gasteiger partial charge in [0.25, 0.3) is 0 Å². The van der Waals surface area contributed by atoms with Gasteiger partial charge in [-0.2, -0.15) is 0 Å². The Labute approximate surface area is 126 Å². The van der Waals surface area contributed by atoms with Gasteiger partial charge < -0.3 is 20.2 Å². The Balaban J connectivity index is 1.94. The number of carbonyl (C=O) groups excluding carboxylic acids is 1. The van der Waals surface area contributed by atoms with Crippen LogP contribution >= 0.6 is 0 Å². The van der Waals surface area contributed by atoms with E-state index in [1.165, 1.54) is 0 Å². The molecule has 1 aliphatic heterocycles. The molecule has 2 rings (SSSR count). The van der Waals surface area contributed by atoms with Crippen molar-refractivity contribution in [1.82, 2.24) is 4.90 Å². The molecule has 1 fully saturated rings. The lowest BCUT2D eigenvalue weighted by Crippen LogP contribution is -3.14. The van der Waals surface area contributed by atoms with Crippen LogP contribution in [-0.4, -0.2) is 54.7 Å². The van der Waals surface area contributed by atoms with E-state index in [1.807, 2.05) is 36.1 Å². The molecule has 116 valence electrons. The summed E-state index contributed by atoms with van der Waals surface area (Å²) in [5.41, 5.74) is 1.65. The van der Waals surface area contributed by atoms with Crippen LogP contribution in [0.15, 0.2) is 24.3 Å². The lowest BCUT2D eigenvalue weighted by atomic mass is 10.1. The summed E-state index contributed by atoms with van der Waals surface area (Å²) in [7, 11) is 0. The maximum absolute atomic E-state index is 12.5. The van der Waals surface area contributed by atoms with Crippen molar-refractivity contribution in [3.63, 3.8) is 0 Å². The highest BCUT2D eigenvalue weighted by Crippen LogP contribution is 2.16. The number of aliphatic hydroxyl groups is 1. The first-order chi connectivity index (χ1) is 10.2. The van der Waals surface area contributed by atoms with Crippen molar-refractivity contribution in [2.45, 2.75) is 26.5 Å². The zero-order chi connectivity index (χ0) is 15.2. The Kier molecular flexibility index (Phi) is 5.59. The fourth-order valence-corrected chi connectivity index (χ4v) is 2.76. The molecule has 21 heavy (non-hydrogen) atoms. The van der Waals surface area contributed by atoms with Crippen LogP contribution in [0.25, 0.3) is 0 Å². The maximum Gasteiger partial charge on any atom is 0.245 e. The van der Waals surface area contributed by atoms with Gasteiger partial charge in [0.1, 0.15) is 6.04 Å². The van der Waals surface area contributed by atoms with Gasteiger partial charge in [-0.05, 0) is 19.9 Å². The second-order valence-corrected chi connectivity index (χ2v) is 5.61. The summed E-state index contributed by atoms with van der Waals surface area (Å²) in [6, 6.07) is 7.27. The summed E-state index contributed by atoms with van der Waals surface area (Å²) >= 11 is 0. The van der Waals surface area contributed by atoms with Crippen molar-refractivity contribution >= 4 is 11.6 Å². The molecule has 3 N–H and O–H groups in total. The highest BCUT2D eigenvalue weighted by atomic mass is 16.3. The molecule has 1 heterocycles. The van der Waals surface area contributed by atoms with Crippen LogP contribution in [0.3, 0.4) is 0 Å². The first kappa shape index (κ1) is 15.8. The molecule has 0 unspecified atom stereocenters. The topological polar surface area (TPSA) is 57.0 Å².